The van der Waals surface area contributed by atoms with Crippen LogP contribution in [-0.4, -0.2) is 75.1 Å². The number of nitrogens with one attached hydrogen (secondary N) is 1. The molecule has 2 heterocycles. The molecule has 10 nitrogen and oxygen atoms in total. The van der Waals surface area contributed by atoms with E-state index in [1.54, 1.807) is 4.90 Å². The molecule has 1 saturated carbocycles. The van der Waals surface area contributed by atoms with Crippen molar-refractivity contribution in [1.82, 2.24) is 19.5 Å². The quantitative estimate of drug-likeness (QED) is 0.209. The summed E-state index contributed by atoms with van der Waals surface area (Å²) in [5.41, 5.74) is -0.414. The first kappa shape index (κ1) is 30.6. The Morgan fingerprint density at radius 1 is 1.10 bits per heavy atom. The lowest BCUT2D eigenvalue weighted by atomic mass is 9.94. The van der Waals surface area contributed by atoms with Crippen molar-refractivity contribution in [3.05, 3.63) is 63.1 Å². The minimum atomic E-state index is -4.40. The standard InChI is InChI=1S/C27H30F3N5O5S2/c28-27(29,30)18-1-10-24-23(15-18)31-25(41-24)16-33-11-13-34(14-12-33)26(36)17-40-21-6-2-19(3-7-21)32-42(39)22-8-4-20(5-9-22)35(37)38/h1,4-5,8-10,15,19,21,32H,2-3,6-7,11-14,16-17H2/t19-,21-,42?. The van der Waals surface area contributed by atoms with Crippen LogP contribution in [0.25, 0.3) is 10.2 Å². The van der Waals surface area contributed by atoms with Gasteiger partial charge in [0, 0.05) is 50.4 Å². The fourth-order valence-corrected chi connectivity index (χ4v) is 7.15. The summed E-state index contributed by atoms with van der Waals surface area (Å²) >= 11 is -0.0952. The molecule has 1 aliphatic heterocycles. The normalized spacial score (nSPS) is 21.0. The Balaban J connectivity index is 1.00. The number of rotatable bonds is 9. The number of nitro groups is 1. The van der Waals surface area contributed by atoms with Crippen LogP contribution in [0, 0.1) is 10.1 Å². The van der Waals surface area contributed by atoms with Crippen LogP contribution in [-0.2, 0) is 33.6 Å². The fourth-order valence-electron chi connectivity index (χ4n) is 5.10. The van der Waals surface area contributed by atoms with Crippen molar-refractivity contribution < 1.29 is 32.2 Å². The number of aromatic nitrogens is 1. The summed E-state index contributed by atoms with van der Waals surface area (Å²) in [4.78, 5) is 31.8. The number of piperazine rings is 1. The molecule has 0 spiro atoms. The lowest BCUT2D eigenvalue weighted by Gasteiger charge is -2.35. The van der Waals surface area contributed by atoms with Gasteiger partial charge in [-0.3, -0.25) is 19.8 Å². The van der Waals surface area contributed by atoms with Gasteiger partial charge in [-0.05, 0) is 43.9 Å². The Morgan fingerprint density at radius 3 is 2.43 bits per heavy atom. The van der Waals surface area contributed by atoms with Gasteiger partial charge in [0.1, 0.15) is 11.6 Å². The zero-order valence-corrected chi connectivity index (χ0v) is 24.2. The van der Waals surface area contributed by atoms with Gasteiger partial charge in [-0.15, -0.1) is 16.1 Å². The number of benzene rings is 2. The predicted octanol–water partition coefficient (Wildman–Crippen LogP) is 4.51. The summed E-state index contributed by atoms with van der Waals surface area (Å²) in [6.45, 7) is 2.87. The number of thiazole rings is 1. The number of halogens is 3. The van der Waals surface area contributed by atoms with Crippen LogP contribution in [0.15, 0.2) is 47.4 Å². The highest BCUT2D eigenvalue weighted by Crippen LogP contribution is 2.33. The molecule has 0 bridgehead atoms. The van der Waals surface area contributed by atoms with E-state index in [-0.39, 0.29) is 30.3 Å². The number of nitrogens with zero attached hydrogens (tertiary/aromatic N) is 4. The van der Waals surface area contributed by atoms with E-state index >= 15 is 0 Å². The van der Waals surface area contributed by atoms with Crippen molar-refractivity contribution in [2.75, 3.05) is 32.8 Å². The van der Waals surface area contributed by atoms with E-state index < -0.39 is 28.0 Å². The van der Waals surface area contributed by atoms with Gasteiger partial charge in [0.25, 0.3) is 5.69 Å². The molecule has 1 aliphatic carbocycles. The fraction of sp³-hybridized carbons (Fsp3) is 0.481. The molecular formula is C27H30F3N5O5S2. The highest BCUT2D eigenvalue weighted by Gasteiger charge is 2.31. The summed E-state index contributed by atoms with van der Waals surface area (Å²) in [6.07, 6.45) is -1.54. The maximum absolute atomic E-state index is 13.0. The molecular weight excluding hydrogens is 595 g/mol. The smallest absolute Gasteiger partial charge is 0.416 e. The SMILES string of the molecule is O=C(CO[C@H]1CC[C@H](N[S+]([O-])c2ccc([N+](=O)[O-])cc2)CC1)N1CCN(Cc2nc3cc(C(F)(F)F)ccc3s2)CC1. The van der Waals surface area contributed by atoms with Crippen molar-refractivity contribution in [2.24, 2.45) is 0 Å². The third-order valence-corrected chi connectivity index (χ3v) is 9.76. The third kappa shape index (κ3) is 7.76. The average Bonchev–Trinajstić information content (AvgIpc) is 3.38. The van der Waals surface area contributed by atoms with E-state index in [1.807, 2.05) is 0 Å². The van der Waals surface area contributed by atoms with Gasteiger partial charge in [-0.25, -0.2) is 4.98 Å². The van der Waals surface area contributed by atoms with Gasteiger partial charge in [0.2, 0.25) is 5.91 Å². The summed E-state index contributed by atoms with van der Waals surface area (Å²) in [5.74, 6) is -0.0751. The number of carbonyl (C=O) groups excluding carboxylic acids is 1. The molecule has 2 fully saturated rings. The number of hydrogen-bond donors (Lipinski definition) is 1. The first-order valence-corrected chi connectivity index (χ1v) is 15.5. The maximum atomic E-state index is 13.0. The molecule has 1 amide bonds. The zero-order valence-electron chi connectivity index (χ0n) is 22.5. The van der Waals surface area contributed by atoms with Crippen LogP contribution < -0.4 is 4.72 Å². The molecule has 3 aromatic rings. The molecule has 5 rings (SSSR count). The van der Waals surface area contributed by atoms with E-state index in [9.17, 15) is 32.6 Å². The molecule has 0 radical (unpaired) electrons. The monoisotopic (exact) mass is 625 g/mol. The lowest BCUT2D eigenvalue weighted by Crippen LogP contribution is -2.49. The lowest BCUT2D eigenvalue weighted by molar-refractivity contribution is -0.384. The van der Waals surface area contributed by atoms with Gasteiger partial charge in [-0.1, -0.05) is 0 Å². The first-order chi connectivity index (χ1) is 20.0. The molecule has 2 aliphatic rings. The van der Waals surface area contributed by atoms with E-state index in [0.29, 0.717) is 47.8 Å². The molecule has 226 valence electrons. The predicted molar refractivity (Wildman–Crippen MR) is 151 cm³/mol. The van der Waals surface area contributed by atoms with Crippen LogP contribution in [0.1, 0.15) is 36.3 Å². The number of fused-ring (bicyclic) bond motifs is 1. The number of alkyl halides is 3. The van der Waals surface area contributed by atoms with Crippen molar-refractivity contribution in [2.45, 2.75) is 55.4 Å². The van der Waals surface area contributed by atoms with Crippen LogP contribution in [0.5, 0.6) is 0 Å². The Labute approximate surface area is 247 Å². The minimum absolute atomic E-state index is 0.00308. The molecule has 1 aromatic heterocycles. The van der Waals surface area contributed by atoms with Crippen LogP contribution in [0.4, 0.5) is 18.9 Å². The van der Waals surface area contributed by atoms with E-state index in [0.717, 1.165) is 42.8 Å². The second kappa shape index (κ2) is 13.2. The average molecular weight is 626 g/mol. The van der Waals surface area contributed by atoms with Gasteiger partial charge in [0.05, 0.1) is 50.8 Å². The van der Waals surface area contributed by atoms with Gasteiger partial charge >= 0.3 is 6.18 Å². The number of carbonyl (C=O) groups is 1. The number of hydrogen-bond acceptors (Lipinski definition) is 9. The van der Waals surface area contributed by atoms with Gasteiger partial charge in [-0.2, -0.15) is 13.2 Å². The summed E-state index contributed by atoms with van der Waals surface area (Å²) in [5, 5.41) is 11.5. The molecule has 1 saturated heterocycles. The Hall–Kier alpha value is -2.82. The topological polar surface area (TPSA) is 124 Å². The molecule has 1 unspecified atom stereocenters. The van der Waals surface area contributed by atoms with E-state index in [1.165, 1.54) is 41.7 Å². The molecule has 42 heavy (non-hydrogen) atoms. The van der Waals surface area contributed by atoms with Crippen molar-refractivity contribution in [3.8, 4) is 0 Å². The van der Waals surface area contributed by atoms with Crippen molar-refractivity contribution in [3.63, 3.8) is 0 Å². The number of non-ortho nitro benzene ring substituents is 1. The van der Waals surface area contributed by atoms with Gasteiger partial charge < -0.3 is 14.2 Å². The van der Waals surface area contributed by atoms with E-state index in [2.05, 4.69) is 14.6 Å². The Bertz CT molecular complexity index is 1390. The highest BCUT2D eigenvalue weighted by molar-refractivity contribution is 7.89. The van der Waals surface area contributed by atoms with Crippen LogP contribution in [0.2, 0.25) is 0 Å². The number of ether oxygens (including phenoxy) is 1. The number of amides is 1. The minimum Gasteiger partial charge on any atom is -0.593 e. The first-order valence-electron chi connectivity index (χ1n) is 13.6. The zero-order chi connectivity index (χ0) is 29.9. The van der Waals surface area contributed by atoms with Crippen LogP contribution in [0.3, 0.4) is 0 Å². The molecule has 1 N–H and O–H groups in total. The van der Waals surface area contributed by atoms with Crippen molar-refractivity contribution in [1.29, 1.82) is 0 Å². The largest absolute Gasteiger partial charge is 0.593 e. The second-order valence-electron chi connectivity index (χ2n) is 10.4. The Morgan fingerprint density at radius 2 is 1.79 bits per heavy atom. The number of nitro benzene ring substituents is 1. The Kier molecular flexibility index (Phi) is 9.64. The molecule has 1 atom stereocenters. The summed E-state index contributed by atoms with van der Waals surface area (Å²) < 4.78 is 61.3. The highest BCUT2D eigenvalue weighted by atomic mass is 32.2. The second-order valence-corrected chi connectivity index (χ2v) is 12.7. The summed E-state index contributed by atoms with van der Waals surface area (Å²) in [6, 6.07) is 9.27. The van der Waals surface area contributed by atoms with Crippen molar-refractivity contribution >= 4 is 44.5 Å². The van der Waals surface area contributed by atoms with E-state index in [4.69, 9.17) is 4.74 Å². The van der Waals surface area contributed by atoms with Gasteiger partial charge in [0.15, 0.2) is 4.90 Å². The maximum Gasteiger partial charge on any atom is 0.416 e. The van der Waals surface area contributed by atoms with Crippen LogP contribution >= 0.6 is 11.3 Å². The molecule has 2 aromatic carbocycles. The summed E-state index contributed by atoms with van der Waals surface area (Å²) in [7, 11) is 0. The molecule has 15 heteroatoms. The third-order valence-electron chi connectivity index (χ3n) is 7.50.